The lowest BCUT2D eigenvalue weighted by Crippen LogP contribution is -2.38. The van der Waals surface area contributed by atoms with Crippen molar-refractivity contribution in [2.45, 2.75) is 6.42 Å². The molecule has 0 fully saturated rings. The maximum atomic E-state index is 12.4. The minimum atomic E-state index is -0.550. The summed E-state index contributed by atoms with van der Waals surface area (Å²) in [7, 11) is 1.43. The van der Waals surface area contributed by atoms with E-state index in [2.05, 4.69) is 5.32 Å². The van der Waals surface area contributed by atoms with Crippen LogP contribution in [0, 0.1) is 10.1 Å². The number of nitrogens with zero attached hydrogens (tertiary/aromatic N) is 2. The number of amides is 1. The van der Waals surface area contributed by atoms with E-state index < -0.39 is 4.92 Å². The van der Waals surface area contributed by atoms with Crippen molar-refractivity contribution in [1.82, 2.24) is 4.90 Å². The predicted molar refractivity (Wildman–Crippen MR) is 111 cm³/mol. The predicted octanol–water partition coefficient (Wildman–Crippen LogP) is 2.47. The van der Waals surface area contributed by atoms with Crippen LogP contribution in [0.5, 0.6) is 5.75 Å². The van der Waals surface area contributed by atoms with Gasteiger partial charge in [-0.1, -0.05) is 30.3 Å². The van der Waals surface area contributed by atoms with Crippen molar-refractivity contribution in [3.05, 3.63) is 64.2 Å². The Morgan fingerprint density at radius 2 is 1.93 bits per heavy atom. The van der Waals surface area contributed by atoms with Gasteiger partial charge in [0.1, 0.15) is 11.4 Å². The topological polar surface area (TPSA) is 111 Å². The summed E-state index contributed by atoms with van der Waals surface area (Å²) in [5.74, 6) is 0.0251. The molecule has 28 heavy (non-hydrogen) atoms. The van der Waals surface area contributed by atoms with Crippen LogP contribution in [0.4, 0.5) is 11.4 Å². The van der Waals surface area contributed by atoms with E-state index in [9.17, 15) is 14.9 Å². The first-order chi connectivity index (χ1) is 13.0. The summed E-state index contributed by atoms with van der Waals surface area (Å²) < 4.78 is 5.00. The van der Waals surface area contributed by atoms with E-state index in [4.69, 9.17) is 10.5 Å². The van der Waals surface area contributed by atoms with Crippen molar-refractivity contribution in [2.24, 2.45) is 5.73 Å². The lowest BCUT2D eigenvalue weighted by molar-refractivity contribution is -0.384. The minimum absolute atomic E-state index is 0. The van der Waals surface area contributed by atoms with Crippen LogP contribution in [0.25, 0.3) is 0 Å². The fourth-order valence-electron chi connectivity index (χ4n) is 2.67. The van der Waals surface area contributed by atoms with Crippen LogP contribution in [0.3, 0.4) is 0 Å². The molecule has 8 nitrogen and oxygen atoms in total. The van der Waals surface area contributed by atoms with Crippen molar-refractivity contribution < 1.29 is 14.5 Å². The molecule has 0 unspecified atom stereocenters. The summed E-state index contributed by atoms with van der Waals surface area (Å²) in [6.07, 6.45) is 0.788. The second kappa shape index (κ2) is 11.9. The molecule has 2 rings (SSSR count). The van der Waals surface area contributed by atoms with Crippen LogP contribution < -0.4 is 15.8 Å². The Kier molecular flexibility index (Phi) is 9.94. The Morgan fingerprint density at radius 3 is 2.54 bits per heavy atom. The first-order valence-corrected chi connectivity index (χ1v) is 8.62. The highest BCUT2D eigenvalue weighted by Gasteiger charge is 2.18. The second-order valence-electron chi connectivity index (χ2n) is 5.99. The van der Waals surface area contributed by atoms with E-state index in [1.54, 1.807) is 6.07 Å². The maximum Gasteiger partial charge on any atom is 0.296 e. The van der Waals surface area contributed by atoms with E-state index in [-0.39, 0.29) is 36.2 Å². The number of carbonyl (C=O) groups excluding carboxylic acids is 1. The largest absolute Gasteiger partial charge is 0.496 e. The normalized spacial score (nSPS) is 10.2. The molecule has 0 saturated heterocycles. The molecule has 0 spiro atoms. The first kappa shape index (κ1) is 23.4. The number of rotatable bonds is 10. The van der Waals surface area contributed by atoms with Crippen LogP contribution in [-0.2, 0) is 11.2 Å². The van der Waals surface area contributed by atoms with Crippen molar-refractivity contribution >= 4 is 29.7 Å². The first-order valence-electron chi connectivity index (χ1n) is 8.62. The lowest BCUT2D eigenvalue weighted by atomic mass is 10.1. The second-order valence-corrected chi connectivity index (χ2v) is 5.99. The Balaban J connectivity index is 0.00000392. The molecule has 0 heterocycles. The number of nitrogens with one attached hydrogen (secondary N) is 1. The van der Waals surface area contributed by atoms with Crippen LogP contribution in [0.15, 0.2) is 48.5 Å². The number of anilines is 1. The molecule has 0 radical (unpaired) electrons. The third kappa shape index (κ3) is 7.15. The van der Waals surface area contributed by atoms with E-state index in [0.29, 0.717) is 25.4 Å². The number of hydrogen-bond acceptors (Lipinski definition) is 6. The lowest BCUT2D eigenvalue weighted by Gasteiger charge is -2.21. The number of ether oxygens (including phenoxy) is 1. The highest BCUT2D eigenvalue weighted by atomic mass is 35.5. The van der Waals surface area contributed by atoms with Crippen molar-refractivity contribution in [3.8, 4) is 5.75 Å². The fourth-order valence-corrected chi connectivity index (χ4v) is 2.67. The molecule has 0 aliphatic heterocycles. The Morgan fingerprint density at radius 1 is 1.21 bits per heavy atom. The van der Waals surface area contributed by atoms with Crippen LogP contribution in [-0.4, -0.2) is 49.0 Å². The summed E-state index contributed by atoms with van der Waals surface area (Å²) in [6, 6.07) is 14.3. The van der Waals surface area contributed by atoms with Gasteiger partial charge in [0, 0.05) is 19.6 Å². The van der Waals surface area contributed by atoms with Crippen LogP contribution in [0.2, 0.25) is 0 Å². The quantitative estimate of drug-likeness (QED) is 0.461. The summed E-state index contributed by atoms with van der Waals surface area (Å²) >= 11 is 0. The van der Waals surface area contributed by atoms with Crippen LogP contribution >= 0.6 is 12.4 Å². The van der Waals surface area contributed by atoms with Gasteiger partial charge < -0.3 is 15.8 Å². The minimum Gasteiger partial charge on any atom is -0.496 e. The van der Waals surface area contributed by atoms with Gasteiger partial charge in [-0.3, -0.25) is 19.8 Å². The van der Waals surface area contributed by atoms with Gasteiger partial charge >= 0.3 is 0 Å². The highest BCUT2D eigenvalue weighted by molar-refractivity contribution is 5.94. The summed E-state index contributed by atoms with van der Waals surface area (Å²) in [5, 5.41) is 13.8. The molecule has 152 valence electrons. The van der Waals surface area contributed by atoms with Gasteiger partial charge in [-0.2, -0.15) is 0 Å². The van der Waals surface area contributed by atoms with Crippen molar-refractivity contribution in [3.63, 3.8) is 0 Å². The molecule has 1 amide bonds. The Labute approximate surface area is 170 Å². The Hall–Kier alpha value is -2.68. The molecule has 3 N–H and O–H groups in total. The van der Waals surface area contributed by atoms with E-state index >= 15 is 0 Å². The number of nitrogens with two attached hydrogens (primary N) is 1. The summed E-state index contributed by atoms with van der Waals surface area (Å²) in [5.41, 5.74) is 6.75. The number of halogens is 1. The average Bonchev–Trinajstić information content (AvgIpc) is 2.67. The monoisotopic (exact) mass is 408 g/mol. The molecule has 2 aromatic carbocycles. The maximum absolute atomic E-state index is 12.4. The molecular weight excluding hydrogens is 384 g/mol. The number of hydrogen-bond donors (Lipinski definition) is 2. The number of nitro groups is 1. The Bertz CT molecular complexity index is 774. The number of carbonyl (C=O) groups is 1. The fraction of sp³-hybridized carbons (Fsp3) is 0.316. The number of methoxy groups -OCH3 is 1. The van der Waals surface area contributed by atoms with E-state index in [0.717, 1.165) is 6.42 Å². The van der Waals surface area contributed by atoms with Gasteiger partial charge in [-0.25, -0.2) is 0 Å². The zero-order valence-electron chi connectivity index (χ0n) is 15.7. The third-order valence-corrected chi connectivity index (χ3v) is 4.05. The van der Waals surface area contributed by atoms with Gasteiger partial charge in [0.2, 0.25) is 5.91 Å². The van der Waals surface area contributed by atoms with E-state index in [1.165, 1.54) is 24.8 Å². The summed E-state index contributed by atoms with van der Waals surface area (Å²) in [6.45, 7) is 1.75. The molecule has 0 aliphatic rings. The van der Waals surface area contributed by atoms with Gasteiger partial charge in [0.25, 0.3) is 5.69 Å². The van der Waals surface area contributed by atoms with Crippen molar-refractivity contribution in [1.29, 1.82) is 0 Å². The number of benzene rings is 2. The molecule has 0 atom stereocenters. The molecular formula is C19H25ClN4O4. The van der Waals surface area contributed by atoms with Gasteiger partial charge in [0.15, 0.2) is 0 Å². The number of nitro benzene ring substituents is 1. The van der Waals surface area contributed by atoms with Crippen molar-refractivity contribution in [2.75, 3.05) is 38.6 Å². The zero-order valence-corrected chi connectivity index (χ0v) is 16.5. The molecule has 9 heteroatoms. The van der Waals surface area contributed by atoms with Gasteiger partial charge in [-0.15, -0.1) is 12.4 Å². The van der Waals surface area contributed by atoms with Gasteiger partial charge in [0.05, 0.1) is 24.6 Å². The summed E-state index contributed by atoms with van der Waals surface area (Å²) in [4.78, 5) is 25.0. The highest BCUT2D eigenvalue weighted by Crippen LogP contribution is 2.28. The van der Waals surface area contributed by atoms with Crippen LogP contribution in [0.1, 0.15) is 5.56 Å². The smallest absolute Gasteiger partial charge is 0.296 e. The molecule has 2 aromatic rings. The average molecular weight is 409 g/mol. The molecule has 0 bridgehead atoms. The SMILES string of the molecule is COc1ccc(NC(=O)CN(CCN)CCc2ccccc2)c([N+](=O)[O-])c1.Cl. The zero-order chi connectivity index (χ0) is 19.6. The van der Waals surface area contributed by atoms with Gasteiger partial charge in [-0.05, 0) is 24.1 Å². The standard InChI is InChI=1S/C19H24N4O4.ClH/c1-27-16-7-8-17(18(13-16)23(25)26)21-19(24)14-22(12-10-20)11-9-15-5-3-2-4-6-15;/h2-8,13H,9-12,14,20H2,1H3,(H,21,24);1H. The molecule has 0 aliphatic carbocycles. The third-order valence-electron chi connectivity index (χ3n) is 4.05. The molecule has 0 aromatic heterocycles. The van der Waals surface area contributed by atoms with E-state index in [1.807, 2.05) is 35.2 Å². The molecule has 0 saturated carbocycles.